The van der Waals surface area contributed by atoms with Gasteiger partial charge in [0, 0.05) is 44.7 Å². The normalized spacial score (nSPS) is 16.8. The zero-order valence-corrected chi connectivity index (χ0v) is 15.1. The van der Waals surface area contributed by atoms with Crippen LogP contribution in [0.2, 0.25) is 0 Å². The highest BCUT2D eigenvalue weighted by Gasteiger charge is 2.13. The Kier molecular flexibility index (Phi) is 6.59. The maximum absolute atomic E-state index is 11.8. The van der Waals surface area contributed by atoms with E-state index in [4.69, 9.17) is 0 Å². The third kappa shape index (κ3) is 6.10. The molecule has 0 spiro atoms. The molecule has 1 aromatic carbocycles. The fourth-order valence-electron chi connectivity index (χ4n) is 2.54. The van der Waals surface area contributed by atoms with Gasteiger partial charge in [0.05, 0.1) is 4.90 Å². The molecule has 1 fully saturated rings. The summed E-state index contributed by atoms with van der Waals surface area (Å²) in [4.78, 5) is 16.8. The molecule has 2 amide bonds. The SMILES string of the molecule is CN1CCN(CCCNC(=O)Nc2ccc(S(C)(=O)=O)cc2)CC1. The first kappa shape index (κ1) is 18.7. The largest absolute Gasteiger partial charge is 0.338 e. The number of nitrogens with zero attached hydrogens (tertiary/aromatic N) is 2. The van der Waals surface area contributed by atoms with Crippen LogP contribution in [0, 0.1) is 0 Å². The fourth-order valence-corrected chi connectivity index (χ4v) is 3.17. The summed E-state index contributed by atoms with van der Waals surface area (Å²) in [7, 11) is -1.09. The third-order valence-electron chi connectivity index (χ3n) is 4.07. The van der Waals surface area contributed by atoms with E-state index in [0.717, 1.165) is 45.4 Å². The quantitative estimate of drug-likeness (QED) is 0.740. The van der Waals surface area contributed by atoms with E-state index in [1.165, 1.54) is 12.1 Å². The van der Waals surface area contributed by atoms with Gasteiger partial charge in [0.2, 0.25) is 0 Å². The van der Waals surface area contributed by atoms with Gasteiger partial charge in [0.15, 0.2) is 9.84 Å². The minimum atomic E-state index is -3.22. The van der Waals surface area contributed by atoms with E-state index in [2.05, 4.69) is 27.5 Å². The molecule has 0 unspecified atom stereocenters. The summed E-state index contributed by atoms with van der Waals surface area (Å²) in [5.74, 6) is 0. The topological polar surface area (TPSA) is 81.8 Å². The molecule has 0 aliphatic carbocycles. The van der Waals surface area contributed by atoms with Gasteiger partial charge in [-0.1, -0.05) is 0 Å². The molecule has 0 atom stereocenters. The van der Waals surface area contributed by atoms with Crippen LogP contribution in [-0.2, 0) is 9.84 Å². The summed E-state index contributed by atoms with van der Waals surface area (Å²) in [5, 5.41) is 5.52. The van der Waals surface area contributed by atoms with Crippen molar-refractivity contribution in [1.82, 2.24) is 15.1 Å². The lowest BCUT2D eigenvalue weighted by Gasteiger charge is -2.32. The number of piperazine rings is 1. The van der Waals surface area contributed by atoms with Crippen LogP contribution in [0.5, 0.6) is 0 Å². The van der Waals surface area contributed by atoms with Crippen molar-refractivity contribution in [1.29, 1.82) is 0 Å². The summed E-state index contributed by atoms with van der Waals surface area (Å²) >= 11 is 0. The van der Waals surface area contributed by atoms with Gasteiger partial charge in [-0.15, -0.1) is 0 Å². The van der Waals surface area contributed by atoms with E-state index in [1.54, 1.807) is 12.1 Å². The Morgan fingerprint density at radius 2 is 1.75 bits per heavy atom. The molecule has 1 heterocycles. The highest BCUT2D eigenvalue weighted by Crippen LogP contribution is 2.13. The van der Waals surface area contributed by atoms with Crippen LogP contribution in [-0.4, -0.2) is 76.8 Å². The van der Waals surface area contributed by atoms with Gasteiger partial charge in [-0.25, -0.2) is 13.2 Å². The Labute approximate surface area is 143 Å². The molecule has 24 heavy (non-hydrogen) atoms. The average Bonchev–Trinajstić information content (AvgIpc) is 2.53. The molecule has 0 bridgehead atoms. The maximum Gasteiger partial charge on any atom is 0.319 e. The lowest BCUT2D eigenvalue weighted by Crippen LogP contribution is -2.45. The molecule has 1 aliphatic heterocycles. The molecule has 0 radical (unpaired) electrons. The first-order valence-corrected chi connectivity index (χ1v) is 9.99. The number of carbonyl (C=O) groups is 1. The monoisotopic (exact) mass is 354 g/mol. The highest BCUT2D eigenvalue weighted by molar-refractivity contribution is 7.90. The van der Waals surface area contributed by atoms with Gasteiger partial charge >= 0.3 is 6.03 Å². The van der Waals surface area contributed by atoms with Crippen molar-refractivity contribution in [3.63, 3.8) is 0 Å². The van der Waals surface area contributed by atoms with Crippen molar-refractivity contribution in [3.05, 3.63) is 24.3 Å². The standard InChI is InChI=1S/C16H26N4O3S/c1-19-10-12-20(13-11-19)9-3-8-17-16(21)18-14-4-6-15(7-5-14)24(2,22)23/h4-7H,3,8-13H2,1-2H3,(H2,17,18,21). The minimum absolute atomic E-state index is 0.237. The van der Waals surface area contributed by atoms with Crippen LogP contribution in [0.1, 0.15) is 6.42 Å². The molecule has 2 N–H and O–H groups in total. The molecule has 1 aliphatic rings. The van der Waals surface area contributed by atoms with E-state index in [9.17, 15) is 13.2 Å². The number of sulfone groups is 1. The second-order valence-electron chi connectivity index (χ2n) is 6.18. The first-order chi connectivity index (χ1) is 11.3. The molecular formula is C16H26N4O3S. The predicted molar refractivity (Wildman–Crippen MR) is 95.1 cm³/mol. The Hall–Kier alpha value is -1.64. The molecule has 1 aromatic rings. The summed E-state index contributed by atoms with van der Waals surface area (Å²) in [6.45, 7) is 5.94. The predicted octanol–water partition coefficient (Wildman–Crippen LogP) is 0.849. The van der Waals surface area contributed by atoms with E-state index in [-0.39, 0.29) is 10.9 Å². The van der Waals surface area contributed by atoms with Crippen molar-refractivity contribution in [2.24, 2.45) is 0 Å². The number of carbonyl (C=O) groups excluding carboxylic acids is 1. The second kappa shape index (κ2) is 8.46. The van der Waals surface area contributed by atoms with Crippen LogP contribution in [0.25, 0.3) is 0 Å². The Bertz CT molecular complexity index is 638. The summed E-state index contributed by atoms with van der Waals surface area (Å²) in [6, 6.07) is 5.86. The van der Waals surface area contributed by atoms with E-state index < -0.39 is 9.84 Å². The second-order valence-corrected chi connectivity index (χ2v) is 8.19. The van der Waals surface area contributed by atoms with Gasteiger partial charge < -0.3 is 20.4 Å². The van der Waals surface area contributed by atoms with E-state index in [1.807, 2.05) is 0 Å². The molecule has 2 rings (SSSR count). The van der Waals surface area contributed by atoms with Gasteiger partial charge in [0.1, 0.15) is 0 Å². The molecule has 0 saturated carbocycles. The average molecular weight is 354 g/mol. The number of likely N-dealkylation sites (N-methyl/N-ethyl adjacent to an activating group) is 1. The zero-order chi connectivity index (χ0) is 17.6. The lowest BCUT2D eigenvalue weighted by molar-refractivity contribution is 0.153. The number of anilines is 1. The third-order valence-corrected chi connectivity index (χ3v) is 5.20. The Morgan fingerprint density at radius 3 is 2.33 bits per heavy atom. The van der Waals surface area contributed by atoms with Crippen LogP contribution in [0.4, 0.5) is 10.5 Å². The summed E-state index contributed by atoms with van der Waals surface area (Å²) < 4.78 is 22.8. The number of urea groups is 1. The summed E-state index contributed by atoms with van der Waals surface area (Å²) in [6.07, 6.45) is 2.06. The van der Waals surface area contributed by atoms with Crippen molar-refractivity contribution >= 4 is 21.6 Å². The smallest absolute Gasteiger partial charge is 0.319 e. The maximum atomic E-state index is 11.8. The number of nitrogens with one attached hydrogen (secondary N) is 2. The van der Waals surface area contributed by atoms with Crippen LogP contribution in [0.3, 0.4) is 0 Å². The van der Waals surface area contributed by atoms with E-state index >= 15 is 0 Å². The van der Waals surface area contributed by atoms with Gasteiger partial charge in [0.25, 0.3) is 0 Å². The molecule has 1 saturated heterocycles. The molecule has 7 nitrogen and oxygen atoms in total. The zero-order valence-electron chi connectivity index (χ0n) is 14.3. The molecule has 0 aromatic heterocycles. The van der Waals surface area contributed by atoms with Gasteiger partial charge in [-0.2, -0.15) is 0 Å². The molecule has 8 heteroatoms. The van der Waals surface area contributed by atoms with Crippen molar-refractivity contribution in [3.8, 4) is 0 Å². The van der Waals surface area contributed by atoms with Crippen molar-refractivity contribution in [2.75, 3.05) is 57.9 Å². The lowest BCUT2D eigenvalue weighted by atomic mass is 10.3. The summed E-state index contributed by atoms with van der Waals surface area (Å²) in [5.41, 5.74) is 0.568. The minimum Gasteiger partial charge on any atom is -0.338 e. The number of hydrogen-bond donors (Lipinski definition) is 2. The van der Waals surface area contributed by atoms with E-state index in [0.29, 0.717) is 12.2 Å². The Balaban J connectivity index is 1.66. The van der Waals surface area contributed by atoms with Crippen LogP contribution in [0.15, 0.2) is 29.2 Å². The van der Waals surface area contributed by atoms with Gasteiger partial charge in [-0.05, 0) is 44.3 Å². The molecular weight excluding hydrogens is 328 g/mol. The Morgan fingerprint density at radius 1 is 1.12 bits per heavy atom. The molecule has 134 valence electrons. The number of rotatable bonds is 6. The van der Waals surface area contributed by atoms with Crippen LogP contribution < -0.4 is 10.6 Å². The highest BCUT2D eigenvalue weighted by atomic mass is 32.2. The van der Waals surface area contributed by atoms with Crippen molar-refractivity contribution in [2.45, 2.75) is 11.3 Å². The fraction of sp³-hybridized carbons (Fsp3) is 0.562. The van der Waals surface area contributed by atoms with Crippen LogP contribution >= 0.6 is 0 Å². The number of hydrogen-bond acceptors (Lipinski definition) is 5. The van der Waals surface area contributed by atoms with Gasteiger partial charge in [-0.3, -0.25) is 0 Å². The number of amides is 2. The van der Waals surface area contributed by atoms with Crippen molar-refractivity contribution < 1.29 is 13.2 Å². The first-order valence-electron chi connectivity index (χ1n) is 8.10. The number of benzene rings is 1.